The summed E-state index contributed by atoms with van der Waals surface area (Å²) in [6, 6.07) is 4.81. The average Bonchev–Trinajstić information content (AvgIpc) is 2.38. The molecule has 6 heteroatoms. The van der Waals surface area contributed by atoms with Gasteiger partial charge in [-0.25, -0.2) is 9.78 Å². The van der Waals surface area contributed by atoms with Gasteiger partial charge in [0.25, 0.3) is 0 Å². The van der Waals surface area contributed by atoms with Crippen LogP contribution in [0.5, 0.6) is 0 Å². The Kier molecular flexibility index (Phi) is 3.44. The molecule has 2 N–H and O–H groups in total. The number of nitriles is 1. The van der Waals surface area contributed by atoms with Crippen LogP contribution in [0.15, 0.2) is 12.1 Å². The molecular weight excluding hydrogens is 232 g/mol. The lowest BCUT2D eigenvalue weighted by molar-refractivity contribution is -0.138. The Morgan fingerprint density at radius 2 is 2.44 bits per heavy atom. The predicted molar refractivity (Wildman–Crippen MR) is 65.3 cm³/mol. The van der Waals surface area contributed by atoms with Crippen molar-refractivity contribution in [3.8, 4) is 6.07 Å². The van der Waals surface area contributed by atoms with Crippen LogP contribution in [-0.4, -0.2) is 41.7 Å². The van der Waals surface area contributed by atoms with Crippen molar-refractivity contribution in [3.05, 3.63) is 23.4 Å². The molecule has 0 saturated carbocycles. The van der Waals surface area contributed by atoms with Gasteiger partial charge in [0.1, 0.15) is 17.9 Å². The molecule has 6 nitrogen and oxygen atoms in total. The molecule has 1 aliphatic heterocycles. The van der Waals surface area contributed by atoms with E-state index in [1.165, 1.54) is 0 Å². The molecule has 1 aromatic heterocycles. The van der Waals surface area contributed by atoms with Gasteiger partial charge < -0.3 is 15.3 Å². The van der Waals surface area contributed by atoms with Crippen LogP contribution in [0.3, 0.4) is 0 Å². The SMILES string of the molecule is Cc1ccc(C#N)c(N2CCNCC2C(=O)O)n1. The largest absolute Gasteiger partial charge is 0.480 e. The summed E-state index contributed by atoms with van der Waals surface area (Å²) in [7, 11) is 0. The molecule has 2 heterocycles. The molecule has 0 aromatic carbocycles. The highest BCUT2D eigenvalue weighted by Gasteiger charge is 2.30. The molecule has 1 saturated heterocycles. The molecule has 0 spiro atoms. The van der Waals surface area contributed by atoms with Crippen molar-refractivity contribution in [2.24, 2.45) is 0 Å². The van der Waals surface area contributed by atoms with E-state index in [1.54, 1.807) is 17.0 Å². The van der Waals surface area contributed by atoms with Crippen LogP contribution in [-0.2, 0) is 4.79 Å². The van der Waals surface area contributed by atoms with Gasteiger partial charge in [-0.05, 0) is 19.1 Å². The molecule has 0 bridgehead atoms. The fourth-order valence-electron chi connectivity index (χ4n) is 2.03. The smallest absolute Gasteiger partial charge is 0.327 e. The van der Waals surface area contributed by atoms with Gasteiger partial charge >= 0.3 is 5.97 Å². The van der Waals surface area contributed by atoms with Gasteiger partial charge in [0, 0.05) is 25.3 Å². The Bertz CT molecular complexity index is 509. The summed E-state index contributed by atoms with van der Waals surface area (Å²) in [5.41, 5.74) is 1.18. The molecule has 94 valence electrons. The van der Waals surface area contributed by atoms with E-state index in [9.17, 15) is 9.90 Å². The van der Waals surface area contributed by atoms with Crippen LogP contribution in [0.4, 0.5) is 5.82 Å². The molecule has 0 radical (unpaired) electrons. The number of anilines is 1. The fourth-order valence-corrected chi connectivity index (χ4v) is 2.03. The van der Waals surface area contributed by atoms with Crippen LogP contribution >= 0.6 is 0 Å². The molecule has 18 heavy (non-hydrogen) atoms. The lowest BCUT2D eigenvalue weighted by atomic mass is 10.1. The second-order valence-corrected chi connectivity index (χ2v) is 4.19. The minimum absolute atomic E-state index is 0.357. The van der Waals surface area contributed by atoms with E-state index in [2.05, 4.69) is 16.4 Å². The quantitative estimate of drug-likeness (QED) is 0.770. The number of carbonyl (C=O) groups is 1. The molecule has 1 aromatic rings. The third kappa shape index (κ3) is 2.26. The van der Waals surface area contributed by atoms with E-state index in [-0.39, 0.29) is 0 Å². The molecule has 1 atom stereocenters. The van der Waals surface area contributed by atoms with Crippen LogP contribution < -0.4 is 10.2 Å². The summed E-state index contributed by atoms with van der Waals surface area (Å²) >= 11 is 0. The topological polar surface area (TPSA) is 89.2 Å². The molecule has 0 aliphatic carbocycles. The van der Waals surface area contributed by atoms with Gasteiger partial charge in [0.15, 0.2) is 0 Å². The molecular formula is C12H14N4O2. The summed E-state index contributed by atoms with van der Waals surface area (Å²) in [5, 5.41) is 21.3. The van der Waals surface area contributed by atoms with Crippen LogP contribution in [0.25, 0.3) is 0 Å². The third-order valence-corrected chi connectivity index (χ3v) is 2.94. The summed E-state index contributed by atoms with van der Waals surface area (Å²) in [6.45, 7) is 3.39. The maximum absolute atomic E-state index is 11.2. The minimum atomic E-state index is -0.908. The van der Waals surface area contributed by atoms with E-state index < -0.39 is 12.0 Å². The van der Waals surface area contributed by atoms with Gasteiger partial charge in [0.2, 0.25) is 0 Å². The average molecular weight is 246 g/mol. The number of nitrogens with zero attached hydrogens (tertiary/aromatic N) is 3. The Labute approximate surface area is 105 Å². The van der Waals surface area contributed by atoms with E-state index >= 15 is 0 Å². The van der Waals surface area contributed by atoms with Crippen LogP contribution in [0.2, 0.25) is 0 Å². The first-order valence-electron chi connectivity index (χ1n) is 5.71. The predicted octanol–water partition coefficient (Wildman–Crippen LogP) is 0.124. The Balaban J connectivity index is 2.42. The highest BCUT2D eigenvalue weighted by Crippen LogP contribution is 2.21. The maximum atomic E-state index is 11.2. The second kappa shape index (κ2) is 5.02. The van der Waals surface area contributed by atoms with Crippen LogP contribution in [0, 0.1) is 18.3 Å². The number of hydrogen-bond donors (Lipinski definition) is 2. The number of hydrogen-bond acceptors (Lipinski definition) is 5. The van der Waals surface area contributed by atoms with Crippen LogP contribution in [0.1, 0.15) is 11.3 Å². The third-order valence-electron chi connectivity index (χ3n) is 2.94. The molecule has 0 amide bonds. The molecule has 1 fully saturated rings. The van der Waals surface area contributed by atoms with Crippen molar-refractivity contribution >= 4 is 11.8 Å². The van der Waals surface area contributed by atoms with Crippen molar-refractivity contribution in [2.75, 3.05) is 24.5 Å². The van der Waals surface area contributed by atoms with Gasteiger partial charge in [-0.15, -0.1) is 0 Å². The zero-order chi connectivity index (χ0) is 13.1. The number of carboxylic acid groups (broad SMARTS) is 1. The Hall–Kier alpha value is -2.13. The lowest BCUT2D eigenvalue weighted by Gasteiger charge is -2.34. The van der Waals surface area contributed by atoms with Crippen molar-refractivity contribution in [2.45, 2.75) is 13.0 Å². The van der Waals surface area contributed by atoms with Gasteiger partial charge in [-0.1, -0.05) is 0 Å². The van der Waals surface area contributed by atoms with Gasteiger partial charge in [-0.3, -0.25) is 0 Å². The number of aliphatic carboxylic acids is 1. The van der Waals surface area contributed by atoms with Gasteiger partial charge in [0.05, 0.1) is 5.56 Å². The van der Waals surface area contributed by atoms with Crippen molar-refractivity contribution in [1.82, 2.24) is 10.3 Å². The lowest BCUT2D eigenvalue weighted by Crippen LogP contribution is -2.55. The van der Waals surface area contributed by atoms with Crippen molar-refractivity contribution in [3.63, 3.8) is 0 Å². The van der Waals surface area contributed by atoms with Gasteiger partial charge in [-0.2, -0.15) is 5.26 Å². The van der Waals surface area contributed by atoms with E-state index in [1.807, 2.05) is 6.92 Å². The van der Waals surface area contributed by atoms with Crippen molar-refractivity contribution in [1.29, 1.82) is 5.26 Å². The molecule has 1 aliphatic rings. The van der Waals surface area contributed by atoms with Crippen molar-refractivity contribution < 1.29 is 9.90 Å². The Morgan fingerprint density at radius 3 is 3.11 bits per heavy atom. The van der Waals surface area contributed by atoms with E-state index in [4.69, 9.17) is 5.26 Å². The zero-order valence-corrected chi connectivity index (χ0v) is 10.1. The number of nitrogens with one attached hydrogen (secondary N) is 1. The molecule has 2 rings (SSSR count). The Morgan fingerprint density at radius 1 is 1.67 bits per heavy atom. The summed E-state index contributed by atoms with van der Waals surface area (Å²) in [5.74, 6) is -0.444. The normalized spacial score (nSPS) is 19.3. The van der Waals surface area contributed by atoms with E-state index in [0.29, 0.717) is 31.0 Å². The minimum Gasteiger partial charge on any atom is -0.480 e. The summed E-state index contributed by atoms with van der Waals surface area (Å²) in [4.78, 5) is 17.2. The highest BCUT2D eigenvalue weighted by atomic mass is 16.4. The number of rotatable bonds is 2. The highest BCUT2D eigenvalue weighted by molar-refractivity contribution is 5.79. The first-order chi connectivity index (χ1) is 8.63. The second-order valence-electron chi connectivity index (χ2n) is 4.19. The first kappa shape index (κ1) is 12.3. The number of aromatic nitrogens is 1. The zero-order valence-electron chi connectivity index (χ0n) is 10.1. The number of piperazine rings is 1. The number of aryl methyl sites for hydroxylation is 1. The first-order valence-corrected chi connectivity index (χ1v) is 5.71. The monoisotopic (exact) mass is 246 g/mol. The van der Waals surface area contributed by atoms with E-state index in [0.717, 1.165) is 5.69 Å². The molecule has 1 unspecified atom stereocenters. The standard InChI is InChI=1S/C12H14N4O2/c1-8-2-3-9(6-13)11(15-8)16-5-4-14-7-10(16)12(17)18/h2-3,10,14H,4-5,7H2,1H3,(H,17,18). The summed E-state index contributed by atoms with van der Waals surface area (Å²) < 4.78 is 0. The summed E-state index contributed by atoms with van der Waals surface area (Å²) in [6.07, 6.45) is 0. The maximum Gasteiger partial charge on any atom is 0.327 e. The number of carboxylic acids is 1. The fraction of sp³-hybridized carbons (Fsp3) is 0.417. The number of pyridine rings is 1.